The highest BCUT2D eigenvalue weighted by molar-refractivity contribution is 8.18. The predicted molar refractivity (Wildman–Crippen MR) is 137 cm³/mol. The van der Waals surface area contributed by atoms with Crippen LogP contribution in [0.2, 0.25) is 0 Å². The van der Waals surface area contributed by atoms with E-state index in [0.29, 0.717) is 21.6 Å². The molecular weight excluding hydrogens is 434 g/mol. The summed E-state index contributed by atoms with van der Waals surface area (Å²) in [6.45, 7) is 6.16. The number of anilines is 1. The van der Waals surface area contributed by atoms with Gasteiger partial charge in [0.15, 0.2) is 16.7 Å². The summed E-state index contributed by atoms with van der Waals surface area (Å²) in [4.78, 5) is 22.3. The van der Waals surface area contributed by atoms with Gasteiger partial charge in [-0.2, -0.15) is 0 Å². The van der Waals surface area contributed by atoms with E-state index in [1.54, 1.807) is 19.1 Å². The first-order chi connectivity index (χ1) is 16.0. The van der Waals surface area contributed by atoms with Gasteiger partial charge in [-0.15, -0.1) is 0 Å². The number of para-hydroxylation sites is 1. The number of amides is 1. The molecule has 0 aliphatic carbocycles. The molecule has 0 N–H and O–H groups in total. The summed E-state index contributed by atoms with van der Waals surface area (Å²) >= 11 is 1.37. The van der Waals surface area contributed by atoms with Gasteiger partial charge in [-0.3, -0.25) is 9.69 Å². The Kier molecular flexibility index (Phi) is 7.28. The van der Waals surface area contributed by atoms with E-state index in [0.717, 1.165) is 24.3 Å². The van der Waals surface area contributed by atoms with E-state index in [1.165, 1.54) is 36.7 Å². The van der Waals surface area contributed by atoms with Crippen molar-refractivity contribution in [3.05, 3.63) is 52.9 Å². The number of rotatable bonds is 6. The minimum absolute atomic E-state index is 0.0157. The van der Waals surface area contributed by atoms with Gasteiger partial charge in [-0.1, -0.05) is 12.1 Å². The number of carbonyl (C=O) groups is 1. The fourth-order valence-electron chi connectivity index (χ4n) is 3.96. The zero-order valence-electron chi connectivity index (χ0n) is 19.7. The van der Waals surface area contributed by atoms with Gasteiger partial charge in [0.1, 0.15) is 0 Å². The summed E-state index contributed by atoms with van der Waals surface area (Å²) in [7, 11) is 3.37. The minimum atomic E-state index is -0.0815. The molecule has 174 valence electrons. The standard InChI is InChI=1S/C26H31N3O3S/c1-18(2)32-24-19(9-8-10-22(24)31-4)17-23-25(30)28(3)26(33-23)27-20-11-13-21(14-12-20)29-15-6-5-7-16-29/h8-14,17-18H,5-7,15-16H2,1-4H3/b23-17-,27-26?. The molecule has 0 atom stereocenters. The average molecular weight is 466 g/mol. The third-order valence-electron chi connectivity index (χ3n) is 5.67. The Hall–Kier alpha value is -2.93. The van der Waals surface area contributed by atoms with Gasteiger partial charge >= 0.3 is 0 Å². The Balaban J connectivity index is 1.56. The molecule has 7 heteroatoms. The molecule has 2 heterocycles. The monoisotopic (exact) mass is 465 g/mol. The van der Waals surface area contributed by atoms with Crippen molar-refractivity contribution in [2.24, 2.45) is 4.99 Å². The number of benzene rings is 2. The van der Waals surface area contributed by atoms with E-state index >= 15 is 0 Å². The number of piperidine rings is 1. The van der Waals surface area contributed by atoms with Crippen LogP contribution in [0.3, 0.4) is 0 Å². The van der Waals surface area contributed by atoms with Crippen molar-refractivity contribution in [3.8, 4) is 11.5 Å². The summed E-state index contributed by atoms with van der Waals surface area (Å²) in [6, 6.07) is 14.0. The fraction of sp³-hybridized carbons (Fsp3) is 0.385. The summed E-state index contributed by atoms with van der Waals surface area (Å²) in [5.74, 6) is 1.20. The second-order valence-corrected chi connectivity index (χ2v) is 9.49. The quantitative estimate of drug-likeness (QED) is 0.512. The van der Waals surface area contributed by atoms with Crippen LogP contribution in [0.25, 0.3) is 6.08 Å². The predicted octanol–water partition coefficient (Wildman–Crippen LogP) is 5.71. The molecule has 2 aromatic carbocycles. The number of hydrogen-bond acceptors (Lipinski definition) is 6. The lowest BCUT2D eigenvalue weighted by atomic mass is 10.1. The van der Waals surface area contributed by atoms with Crippen molar-refractivity contribution < 1.29 is 14.3 Å². The van der Waals surface area contributed by atoms with Crippen LogP contribution >= 0.6 is 11.8 Å². The number of carbonyl (C=O) groups excluding carboxylic acids is 1. The first-order valence-corrected chi connectivity index (χ1v) is 12.2. The Morgan fingerprint density at radius 3 is 2.45 bits per heavy atom. The van der Waals surface area contributed by atoms with E-state index in [4.69, 9.17) is 14.5 Å². The highest BCUT2D eigenvalue weighted by Crippen LogP contribution is 2.38. The van der Waals surface area contributed by atoms with Crippen LogP contribution in [0, 0.1) is 0 Å². The lowest BCUT2D eigenvalue weighted by molar-refractivity contribution is -0.121. The number of nitrogens with zero attached hydrogens (tertiary/aromatic N) is 3. The van der Waals surface area contributed by atoms with Crippen molar-refractivity contribution in [3.63, 3.8) is 0 Å². The fourth-order valence-corrected chi connectivity index (χ4v) is 4.94. The first kappa shape index (κ1) is 23.2. The van der Waals surface area contributed by atoms with Crippen LogP contribution < -0.4 is 14.4 Å². The zero-order chi connectivity index (χ0) is 23.4. The topological polar surface area (TPSA) is 54.4 Å². The summed E-state index contributed by atoms with van der Waals surface area (Å²) in [6.07, 6.45) is 5.65. The van der Waals surface area contributed by atoms with E-state index in [9.17, 15) is 4.79 Å². The maximum atomic E-state index is 12.9. The summed E-state index contributed by atoms with van der Waals surface area (Å²) < 4.78 is 11.5. The normalized spacial score (nSPS) is 19.1. The van der Waals surface area contributed by atoms with Gasteiger partial charge in [0.2, 0.25) is 0 Å². The third kappa shape index (κ3) is 5.36. The molecule has 2 saturated heterocycles. The molecule has 2 aromatic rings. The highest BCUT2D eigenvalue weighted by Gasteiger charge is 2.31. The largest absolute Gasteiger partial charge is 0.493 e. The van der Waals surface area contributed by atoms with Crippen molar-refractivity contribution in [1.29, 1.82) is 0 Å². The smallest absolute Gasteiger partial charge is 0.266 e. The first-order valence-electron chi connectivity index (χ1n) is 11.4. The Labute approximate surface area is 200 Å². The van der Waals surface area contributed by atoms with Crippen LogP contribution in [0.5, 0.6) is 11.5 Å². The van der Waals surface area contributed by atoms with E-state index in [2.05, 4.69) is 17.0 Å². The number of thioether (sulfide) groups is 1. The molecule has 2 fully saturated rings. The minimum Gasteiger partial charge on any atom is -0.493 e. The lowest BCUT2D eigenvalue weighted by Crippen LogP contribution is -2.29. The van der Waals surface area contributed by atoms with Crippen LogP contribution in [0.4, 0.5) is 11.4 Å². The van der Waals surface area contributed by atoms with Gasteiger partial charge < -0.3 is 14.4 Å². The second kappa shape index (κ2) is 10.3. The number of aliphatic imine (C=N–C) groups is 1. The molecule has 0 unspecified atom stereocenters. The maximum Gasteiger partial charge on any atom is 0.266 e. The van der Waals surface area contributed by atoms with Crippen molar-refractivity contribution in [1.82, 2.24) is 4.90 Å². The molecule has 4 rings (SSSR count). The second-order valence-electron chi connectivity index (χ2n) is 8.48. The lowest BCUT2D eigenvalue weighted by Gasteiger charge is -2.28. The third-order valence-corrected chi connectivity index (χ3v) is 6.73. The maximum absolute atomic E-state index is 12.9. The SMILES string of the molecule is COc1cccc(/C=C2\SC(=Nc3ccc(N4CCCCC4)cc3)N(C)C2=O)c1OC(C)C. The molecule has 0 saturated carbocycles. The van der Waals surface area contributed by atoms with Gasteiger partial charge in [-0.25, -0.2) is 4.99 Å². The molecule has 1 amide bonds. The number of hydrogen-bond donors (Lipinski definition) is 0. The van der Waals surface area contributed by atoms with Gasteiger partial charge in [0.05, 0.1) is 23.8 Å². The van der Waals surface area contributed by atoms with Gasteiger partial charge in [0.25, 0.3) is 5.91 Å². The molecule has 0 spiro atoms. The molecule has 2 aliphatic rings. The van der Waals surface area contributed by atoms with Crippen LogP contribution in [0.1, 0.15) is 38.7 Å². The molecule has 0 aromatic heterocycles. The number of ether oxygens (including phenoxy) is 2. The van der Waals surface area contributed by atoms with Crippen molar-refractivity contribution in [2.45, 2.75) is 39.2 Å². The molecule has 0 radical (unpaired) electrons. The van der Waals surface area contributed by atoms with E-state index in [-0.39, 0.29) is 12.0 Å². The number of amidine groups is 1. The van der Waals surface area contributed by atoms with Crippen molar-refractivity contribution in [2.75, 3.05) is 32.1 Å². The van der Waals surface area contributed by atoms with E-state index in [1.807, 2.05) is 50.3 Å². The molecule has 6 nitrogen and oxygen atoms in total. The number of likely N-dealkylation sites (N-methyl/N-ethyl adjacent to an activating group) is 1. The van der Waals surface area contributed by atoms with Gasteiger partial charge in [-0.05, 0) is 81.3 Å². The summed E-state index contributed by atoms with van der Waals surface area (Å²) in [5, 5.41) is 0.659. The van der Waals surface area contributed by atoms with Crippen LogP contribution in [-0.2, 0) is 4.79 Å². The molecule has 2 aliphatic heterocycles. The molecule has 33 heavy (non-hydrogen) atoms. The Morgan fingerprint density at radius 1 is 1.06 bits per heavy atom. The van der Waals surface area contributed by atoms with Crippen molar-refractivity contribution >= 4 is 40.3 Å². The molecule has 0 bridgehead atoms. The average Bonchev–Trinajstić information content (AvgIpc) is 3.08. The molecular formula is C26H31N3O3S. The van der Waals surface area contributed by atoms with Crippen LogP contribution in [-0.4, -0.2) is 49.3 Å². The van der Waals surface area contributed by atoms with Crippen LogP contribution in [0.15, 0.2) is 52.4 Å². The van der Waals surface area contributed by atoms with Gasteiger partial charge in [0, 0.05) is 31.4 Å². The Morgan fingerprint density at radius 2 is 1.79 bits per heavy atom. The number of methoxy groups -OCH3 is 1. The zero-order valence-corrected chi connectivity index (χ0v) is 20.5. The van der Waals surface area contributed by atoms with E-state index < -0.39 is 0 Å². The highest BCUT2D eigenvalue weighted by atomic mass is 32.2. The Bertz CT molecular complexity index is 1060. The summed E-state index contributed by atoms with van der Waals surface area (Å²) in [5.41, 5.74) is 2.88.